The fourth-order valence-corrected chi connectivity index (χ4v) is 1.88. The van der Waals surface area contributed by atoms with E-state index in [4.69, 9.17) is 5.11 Å². The van der Waals surface area contributed by atoms with Crippen LogP contribution in [-0.2, 0) is 13.2 Å². The van der Waals surface area contributed by atoms with Crippen molar-refractivity contribution in [1.29, 1.82) is 0 Å². The first kappa shape index (κ1) is 12.9. The van der Waals surface area contributed by atoms with Crippen molar-refractivity contribution < 1.29 is 9.90 Å². The molecule has 2 rings (SSSR count). The number of aromatic nitrogens is 1. The molecule has 0 atom stereocenters. The number of hydrogen-bond acceptors (Lipinski definition) is 2. The molecule has 0 unspecified atom stereocenters. The highest BCUT2D eigenvalue weighted by Crippen LogP contribution is 2.10. The first-order valence-electron chi connectivity index (χ1n) is 5.50. The summed E-state index contributed by atoms with van der Waals surface area (Å²) in [5.41, 5.74) is 2.37. The van der Waals surface area contributed by atoms with Crippen molar-refractivity contribution in [3.63, 3.8) is 0 Å². The van der Waals surface area contributed by atoms with Crippen molar-refractivity contribution in [2.75, 3.05) is 0 Å². The molecule has 5 heteroatoms. The Labute approximate surface area is 113 Å². The molecule has 0 saturated heterocycles. The number of aliphatic hydroxyl groups excluding tert-OH is 1. The molecule has 3 N–H and O–H groups in total. The predicted molar refractivity (Wildman–Crippen MR) is 72.0 cm³/mol. The molecule has 0 radical (unpaired) electrons. The smallest absolute Gasteiger partial charge is 0.267 e. The molecule has 0 fully saturated rings. The highest BCUT2D eigenvalue weighted by molar-refractivity contribution is 9.10. The number of rotatable bonds is 4. The maximum absolute atomic E-state index is 11.8. The number of aromatic amines is 1. The monoisotopic (exact) mass is 308 g/mol. The minimum Gasteiger partial charge on any atom is -0.392 e. The predicted octanol–water partition coefficient (Wildman–Crippen LogP) is 2.20. The minimum absolute atomic E-state index is 0.0309. The summed E-state index contributed by atoms with van der Waals surface area (Å²) in [6.45, 7) is 0.490. The second-order valence-electron chi connectivity index (χ2n) is 3.89. The van der Waals surface area contributed by atoms with Gasteiger partial charge in [-0.25, -0.2) is 0 Å². The zero-order valence-corrected chi connectivity index (χ0v) is 11.2. The summed E-state index contributed by atoms with van der Waals surface area (Å²) in [6, 6.07) is 9.18. The van der Waals surface area contributed by atoms with Crippen molar-refractivity contribution in [1.82, 2.24) is 10.3 Å². The van der Waals surface area contributed by atoms with E-state index in [1.165, 1.54) is 0 Å². The standard InChI is InChI=1S/C13H13BrN2O2/c14-11-5-12(15-7-11)13(18)16-6-9-1-3-10(8-17)4-2-9/h1-5,7,15,17H,6,8H2,(H,16,18). The lowest BCUT2D eigenvalue weighted by Gasteiger charge is -2.04. The molecule has 0 spiro atoms. The number of aliphatic hydroxyl groups is 1. The third kappa shape index (κ3) is 3.21. The summed E-state index contributed by atoms with van der Waals surface area (Å²) < 4.78 is 0.847. The molecule has 0 bridgehead atoms. The van der Waals surface area contributed by atoms with Gasteiger partial charge in [-0.15, -0.1) is 0 Å². The molecule has 4 nitrogen and oxygen atoms in total. The third-order valence-corrected chi connectivity index (χ3v) is 3.01. The lowest BCUT2D eigenvalue weighted by Crippen LogP contribution is -2.23. The van der Waals surface area contributed by atoms with E-state index >= 15 is 0 Å². The number of halogens is 1. The van der Waals surface area contributed by atoms with E-state index in [1.54, 1.807) is 12.3 Å². The van der Waals surface area contributed by atoms with Gasteiger partial charge in [0.2, 0.25) is 0 Å². The van der Waals surface area contributed by atoms with Gasteiger partial charge < -0.3 is 15.4 Å². The maximum Gasteiger partial charge on any atom is 0.267 e. The molecule has 0 aliphatic rings. The summed E-state index contributed by atoms with van der Waals surface area (Å²) >= 11 is 3.28. The zero-order valence-electron chi connectivity index (χ0n) is 9.61. The van der Waals surface area contributed by atoms with Gasteiger partial charge in [0.05, 0.1) is 6.61 Å². The number of nitrogens with one attached hydrogen (secondary N) is 2. The lowest BCUT2D eigenvalue weighted by atomic mass is 10.1. The summed E-state index contributed by atoms with van der Waals surface area (Å²) in [5, 5.41) is 11.7. The van der Waals surface area contributed by atoms with E-state index in [9.17, 15) is 4.79 Å². The Morgan fingerprint density at radius 1 is 1.28 bits per heavy atom. The highest BCUT2D eigenvalue weighted by Gasteiger charge is 2.07. The van der Waals surface area contributed by atoms with E-state index in [0.717, 1.165) is 15.6 Å². The summed E-state index contributed by atoms with van der Waals surface area (Å²) in [6.07, 6.45) is 1.71. The van der Waals surface area contributed by atoms with Crippen LogP contribution in [0.5, 0.6) is 0 Å². The summed E-state index contributed by atoms with van der Waals surface area (Å²) in [4.78, 5) is 14.6. The number of carbonyl (C=O) groups excluding carboxylic acids is 1. The molecule has 0 saturated carbocycles. The van der Waals surface area contributed by atoms with Crippen LogP contribution >= 0.6 is 15.9 Å². The molecule has 2 aromatic rings. The van der Waals surface area contributed by atoms with Gasteiger partial charge in [-0.3, -0.25) is 4.79 Å². The van der Waals surface area contributed by atoms with E-state index in [1.807, 2.05) is 24.3 Å². The van der Waals surface area contributed by atoms with Crippen molar-refractivity contribution >= 4 is 21.8 Å². The van der Waals surface area contributed by atoms with Gasteiger partial charge >= 0.3 is 0 Å². The number of carbonyl (C=O) groups is 1. The number of H-pyrrole nitrogens is 1. The quantitative estimate of drug-likeness (QED) is 0.810. The third-order valence-electron chi connectivity index (χ3n) is 2.55. The van der Waals surface area contributed by atoms with Crippen LogP contribution in [0, 0.1) is 0 Å². The molecule has 0 aliphatic carbocycles. The molecule has 94 valence electrons. The highest BCUT2D eigenvalue weighted by atomic mass is 79.9. The zero-order chi connectivity index (χ0) is 13.0. The Kier molecular flexibility index (Phi) is 4.17. The van der Waals surface area contributed by atoms with Crippen molar-refractivity contribution in [3.8, 4) is 0 Å². The lowest BCUT2D eigenvalue weighted by molar-refractivity contribution is 0.0946. The van der Waals surface area contributed by atoms with Crippen LogP contribution in [-0.4, -0.2) is 16.0 Å². The minimum atomic E-state index is -0.146. The van der Waals surface area contributed by atoms with Gasteiger partial charge in [-0.2, -0.15) is 0 Å². The second kappa shape index (κ2) is 5.84. The SMILES string of the molecule is O=C(NCc1ccc(CO)cc1)c1cc(Br)c[nH]1. The maximum atomic E-state index is 11.8. The molecule has 1 aromatic carbocycles. The molecule has 0 aliphatic heterocycles. The van der Waals surface area contributed by atoms with Crippen LogP contribution in [0.3, 0.4) is 0 Å². The van der Waals surface area contributed by atoms with Crippen LogP contribution in [0.15, 0.2) is 41.0 Å². The van der Waals surface area contributed by atoms with Gasteiger partial charge in [-0.1, -0.05) is 24.3 Å². The van der Waals surface area contributed by atoms with E-state index in [2.05, 4.69) is 26.2 Å². The Morgan fingerprint density at radius 2 is 1.94 bits per heavy atom. The largest absolute Gasteiger partial charge is 0.392 e. The fourth-order valence-electron chi connectivity index (χ4n) is 1.54. The molecule has 1 heterocycles. The van der Waals surface area contributed by atoms with Gasteiger partial charge in [0.25, 0.3) is 5.91 Å². The van der Waals surface area contributed by atoms with E-state index in [-0.39, 0.29) is 12.5 Å². The van der Waals surface area contributed by atoms with E-state index < -0.39 is 0 Å². The summed E-state index contributed by atoms with van der Waals surface area (Å²) in [7, 11) is 0. The molecule has 18 heavy (non-hydrogen) atoms. The molecular weight excluding hydrogens is 296 g/mol. The fraction of sp³-hybridized carbons (Fsp3) is 0.154. The van der Waals surface area contributed by atoms with Gasteiger partial charge in [0.1, 0.15) is 5.69 Å². The van der Waals surface area contributed by atoms with Crippen molar-refractivity contribution in [2.24, 2.45) is 0 Å². The van der Waals surface area contributed by atoms with E-state index in [0.29, 0.717) is 12.2 Å². The van der Waals surface area contributed by atoms with Gasteiger partial charge in [0, 0.05) is 17.2 Å². The molecule has 1 aromatic heterocycles. The first-order chi connectivity index (χ1) is 8.69. The Bertz CT molecular complexity index is 534. The van der Waals surface area contributed by atoms with Crippen LogP contribution in [0.4, 0.5) is 0 Å². The Hall–Kier alpha value is -1.59. The van der Waals surface area contributed by atoms with Crippen LogP contribution in [0.1, 0.15) is 21.6 Å². The number of hydrogen-bond donors (Lipinski definition) is 3. The average Bonchev–Trinajstić information content (AvgIpc) is 2.83. The second-order valence-corrected chi connectivity index (χ2v) is 4.80. The van der Waals surface area contributed by atoms with Crippen LogP contribution in [0.2, 0.25) is 0 Å². The Morgan fingerprint density at radius 3 is 2.50 bits per heavy atom. The van der Waals surface area contributed by atoms with Crippen LogP contribution < -0.4 is 5.32 Å². The van der Waals surface area contributed by atoms with Gasteiger partial charge in [-0.05, 0) is 33.1 Å². The van der Waals surface area contributed by atoms with Crippen LogP contribution in [0.25, 0.3) is 0 Å². The molecule has 1 amide bonds. The number of amides is 1. The molecular formula is C13H13BrN2O2. The normalized spacial score (nSPS) is 10.3. The van der Waals surface area contributed by atoms with Gasteiger partial charge in [0.15, 0.2) is 0 Å². The van der Waals surface area contributed by atoms with Crippen molar-refractivity contribution in [2.45, 2.75) is 13.2 Å². The topological polar surface area (TPSA) is 65.1 Å². The first-order valence-corrected chi connectivity index (χ1v) is 6.29. The van der Waals surface area contributed by atoms with Crippen molar-refractivity contribution in [3.05, 3.63) is 57.8 Å². The Balaban J connectivity index is 1.92. The average molecular weight is 309 g/mol. The number of benzene rings is 1. The summed E-state index contributed by atoms with van der Waals surface area (Å²) in [5.74, 6) is -0.146.